The van der Waals surface area contributed by atoms with Crippen LogP contribution in [0.5, 0.6) is 5.75 Å². The Labute approximate surface area is 167 Å². The Morgan fingerprint density at radius 1 is 1.21 bits per heavy atom. The van der Waals surface area contributed by atoms with Crippen LogP contribution in [0.25, 0.3) is 0 Å². The zero-order chi connectivity index (χ0) is 21.0. The molecule has 150 valence electrons. The van der Waals surface area contributed by atoms with E-state index in [2.05, 4.69) is 10.3 Å². The maximum Gasteiger partial charge on any atom is 0.337 e. The standard InChI is InChI=1S/C21H22N4O4/c22-11-13(18-7-5-12-9-14(26)6-8-17(12)24-18)10-16(23)20(27)25-19-4-2-1-3-15(19)21(28)29/h1-4,6,8-9,11,16,26H,5,7,10,22-23H2,(H,25,27)(H,28,29). The maximum absolute atomic E-state index is 12.5. The van der Waals surface area contributed by atoms with E-state index in [1.165, 1.54) is 18.3 Å². The minimum atomic E-state index is -1.14. The Bertz CT molecular complexity index is 1010. The van der Waals surface area contributed by atoms with Gasteiger partial charge in [-0.1, -0.05) is 12.1 Å². The third kappa shape index (κ3) is 4.61. The third-order valence-corrected chi connectivity index (χ3v) is 4.71. The zero-order valence-electron chi connectivity index (χ0n) is 15.6. The summed E-state index contributed by atoms with van der Waals surface area (Å²) < 4.78 is 0. The van der Waals surface area contributed by atoms with Crippen molar-refractivity contribution in [2.24, 2.45) is 16.5 Å². The van der Waals surface area contributed by atoms with Crippen LogP contribution in [0.4, 0.5) is 11.4 Å². The second-order valence-corrected chi connectivity index (χ2v) is 6.71. The van der Waals surface area contributed by atoms with Crippen molar-refractivity contribution < 1.29 is 19.8 Å². The number of phenols is 1. The minimum Gasteiger partial charge on any atom is -0.508 e. The molecule has 1 unspecified atom stereocenters. The highest BCUT2D eigenvalue weighted by atomic mass is 16.4. The molecule has 1 amide bonds. The molecule has 1 aliphatic rings. The summed E-state index contributed by atoms with van der Waals surface area (Å²) in [6, 6.07) is 10.2. The summed E-state index contributed by atoms with van der Waals surface area (Å²) in [7, 11) is 0. The van der Waals surface area contributed by atoms with Crippen LogP contribution in [0.15, 0.2) is 59.2 Å². The number of aromatic carboxylic acids is 1. The number of carboxylic acids is 1. The van der Waals surface area contributed by atoms with Gasteiger partial charge in [-0.2, -0.15) is 0 Å². The van der Waals surface area contributed by atoms with Gasteiger partial charge in [0, 0.05) is 5.71 Å². The van der Waals surface area contributed by atoms with Gasteiger partial charge in [0.25, 0.3) is 0 Å². The number of benzene rings is 2. The molecule has 29 heavy (non-hydrogen) atoms. The Balaban J connectivity index is 1.72. The summed E-state index contributed by atoms with van der Waals surface area (Å²) in [5.41, 5.74) is 15.1. The molecule has 1 aliphatic heterocycles. The molecule has 1 heterocycles. The molecule has 7 N–H and O–H groups in total. The van der Waals surface area contributed by atoms with Crippen LogP contribution in [0.3, 0.4) is 0 Å². The lowest BCUT2D eigenvalue weighted by atomic mass is 9.94. The number of carboxylic acid groups (broad SMARTS) is 1. The summed E-state index contributed by atoms with van der Waals surface area (Å²) in [4.78, 5) is 28.4. The first-order valence-corrected chi connectivity index (χ1v) is 9.08. The van der Waals surface area contributed by atoms with Gasteiger partial charge in [0.05, 0.1) is 23.0 Å². The summed E-state index contributed by atoms with van der Waals surface area (Å²) >= 11 is 0. The molecule has 0 saturated carbocycles. The van der Waals surface area contributed by atoms with Crippen molar-refractivity contribution in [1.82, 2.24) is 0 Å². The number of nitrogens with one attached hydrogen (secondary N) is 1. The van der Waals surface area contributed by atoms with Crippen LogP contribution in [-0.4, -0.2) is 33.8 Å². The summed E-state index contributed by atoms with van der Waals surface area (Å²) in [5, 5.41) is 21.4. The predicted octanol–water partition coefficient (Wildman–Crippen LogP) is 2.31. The molecule has 1 atom stereocenters. The largest absolute Gasteiger partial charge is 0.508 e. The van der Waals surface area contributed by atoms with Gasteiger partial charge in [-0.3, -0.25) is 9.79 Å². The van der Waals surface area contributed by atoms with E-state index in [1.807, 2.05) is 0 Å². The van der Waals surface area contributed by atoms with E-state index in [4.69, 9.17) is 11.5 Å². The summed E-state index contributed by atoms with van der Waals surface area (Å²) in [6.45, 7) is 0. The number of carbonyl (C=O) groups excluding carboxylic acids is 1. The fourth-order valence-corrected chi connectivity index (χ4v) is 3.18. The smallest absolute Gasteiger partial charge is 0.337 e. The monoisotopic (exact) mass is 394 g/mol. The van der Waals surface area contributed by atoms with Crippen LogP contribution in [0, 0.1) is 0 Å². The number of anilines is 1. The van der Waals surface area contributed by atoms with Crippen molar-refractivity contribution in [3.63, 3.8) is 0 Å². The Hall–Kier alpha value is -3.65. The Morgan fingerprint density at radius 2 is 1.97 bits per heavy atom. The number of fused-ring (bicyclic) bond motifs is 1. The van der Waals surface area contributed by atoms with Gasteiger partial charge in [0.1, 0.15) is 5.75 Å². The van der Waals surface area contributed by atoms with Crippen LogP contribution >= 0.6 is 0 Å². The van der Waals surface area contributed by atoms with E-state index in [9.17, 15) is 19.8 Å². The number of carbonyl (C=O) groups is 2. The van der Waals surface area contributed by atoms with Crippen molar-refractivity contribution in [3.8, 4) is 5.75 Å². The molecule has 0 spiro atoms. The van der Waals surface area contributed by atoms with E-state index < -0.39 is 17.9 Å². The van der Waals surface area contributed by atoms with Crippen LogP contribution in [0.2, 0.25) is 0 Å². The lowest BCUT2D eigenvalue weighted by molar-refractivity contribution is -0.117. The topological polar surface area (TPSA) is 151 Å². The number of phenolic OH excluding ortho intramolecular Hbond substituents is 1. The number of aliphatic imine (C=N–C) groups is 1. The van der Waals surface area contributed by atoms with Gasteiger partial charge in [-0.15, -0.1) is 0 Å². The van der Waals surface area contributed by atoms with Crippen molar-refractivity contribution in [3.05, 3.63) is 65.4 Å². The Kier molecular flexibility index (Phi) is 5.94. The number of aromatic hydroxyl groups is 1. The third-order valence-electron chi connectivity index (χ3n) is 4.71. The fourth-order valence-electron chi connectivity index (χ4n) is 3.18. The molecule has 0 radical (unpaired) electrons. The SMILES string of the molecule is NC=C(CC(N)C(=O)Nc1ccccc1C(=O)O)C1=Nc2ccc(O)cc2CC1. The van der Waals surface area contributed by atoms with Gasteiger partial charge in [-0.05, 0) is 66.9 Å². The highest BCUT2D eigenvalue weighted by Crippen LogP contribution is 2.31. The quantitative estimate of drug-likeness (QED) is 0.507. The van der Waals surface area contributed by atoms with E-state index in [0.29, 0.717) is 18.4 Å². The predicted molar refractivity (Wildman–Crippen MR) is 110 cm³/mol. The Morgan fingerprint density at radius 3 is 2.69 bits per heavy atom. The van der Waals surface area contributed by atoms with Crippen molar-refractivity contribution in [2.45, 2.75) is 25.3 Å². The molecule has 8 heteroatoms. The number of amides is 1. The minimum absolute atomic E-state index is 0.0147. The van der Waals surface area contributed by atoms with Crippen molar-refractivity contribution in [2.75, 3.05) is 5.32 Å². The second kappa shape index (κ2) is 8.57. The highest BCUT2D eigenvalue weighted by molar-refractivity contribution is 6.05. The number of aryl methyl sites for hydroxylation is 1. The zero-order valence-corrected chi connectivity index (χ0v) is 15.6. The van der Waals surface area contributed by atoms with Crippen LogP contribution in [-0.2, 0) is 11.2 Å². The van der Waals surface area contributed by atoms with E-state index >= 15 is 0 Å². The van der Waals surface area contributed by atoms with E-state index in [1.54, 1.807) is 30.3 Å². The second-order valence-electron chi connectivity index (χ2n) is 6.71. The first kappa shape index (κ1) is 20.1. The number of nitrogens with zero attached hydrogens (tertiary/aromatic N) is 1. The normalized spacial score (nSPS) is 14.5. The van der Waals surface area contributed by atoms with Gasteiger partial charge < -0.3 is 27.0 Å². The summed E-state index contributed by atoms with van der Waals surface area (Å²) in [5.74, 6) is -1.46. The molecular weight excluding hydrogens is 372 g/mol. The molecule has 0 saturated heterocycles. The number of nitrogens with two attached hydrogens (primary N) is 2. The van der Waals surface area contributed by atoms with Crippen LogP contribution in [0.1, 0.15) is 28.8 Å². The molecule has 8 nitrogen and oxygen atoms in total. The molecule has 0 aliphatic carbocycles. The number of para-hydroxylation sites is 1. The summed E-state index contributed by atoms with van der Waals surface area (Å²) in [6.07, 6.45) is 2.84. The first-order chi connectivity index (χ1) is 13.9. The molecule has 2 aromatic carbocycles. The van der Waals surface area contributed by atoms with E-state index in [0.717, 1.165) is 17.0 Å². The lowest BCUT2D eigenvalue weighted by Crippen LogP contribution is -2.37. The van der Waals surface area contributed by atoms with E-state index in [-0.39, 0.29) is 23.4 Å². The molecule has 2 aromatic rings. The lowest BCUT2D eigenvalue weighted by Gasteiger charge is -2.20. The van der Waals surface area contributed by atoms with Crippen molar-refractivity contribution >= 4 is 29.0 Å². The highest BCUT2D eigenvalue weighted by Gasteiger charge is 2.22. The number of rotatable bonds is 6. The first-order valence-electron chi connectivity index (χ1n) is 9.08. The average molecular weight is 394 g/mol. The molecule has 3 rings (SSSR count). The number of hydrogen-bond donors (Lipinski definition) is 5. The van der Waals surface area contributed by atoms with Gasteiger partial charge >= 0.3 is 5.97 Å². The number of hydrogen-bond acceptors (Lipinski definition) is 6. The molecular formula is C21H22N4O4. The molecule has 0 aromatic heterocycles. The van der Waals surface area contributed by atoms with Gasteiger partial charge in [0.15, 0.2) is 0 Å². The van der Waals surface area contributed by atoms with Gasteiger partial charge in [0.2, 0.25) is 5.91 Å². The average Bonchev–Trinajstić information content (AvgIpc) is 2.71. The maximum atomic E-state index is 12.5. The van der Waals surface area contributed by atoms with Gasteiger partial charge in [-0.25, -0.2) is 4.79 Å². The fraction of sp³-hybridized carbons (Fsp3) is 0.190. The van der Waals surface area contributed by atoms with Crippen molar-refractivity contribution in [1.29, 1.82) is 0 Å². The van der Waals surface area contributed by atoms with Crippen LogP contribution < -0.4 is 16.8 Å². The molecule has 0 bridgehead atoms. The molecule has 0 fully saturated rings.